The van der Waals surface area contributed by atoms with Crippen LogP contribution in [0.25, 0.3) is 0 Å². The molecule has 1 atom stereocenters. The molecular weight excluding hydrogens is 528 g/mol. The molecule has 0 fully saturated rings. The van der Waals surface area contributed by atoms with Crippen LogP contribution in [0.15, 0.2) is 47.4 Å². The highest BCUT2D eigenvalue weighted by Crippen LogP contribution is 2.35. The summed E-state index contributed by atoms with van der Waals surface area (Å²) in [5.41, 5.74) is 0.385. The highest BCUT2D eigenvalue weighted by Gasteiger charge is 2.31. The van der Waals surface area contributed by atoms with E-state index in [1.165, 1.54) is 16.4 Å². The zero-order valence-electron chi connectivity index (χ0n) is 14.1. The first-order chi connectivity index (χ1) is 12.3. The van der Waals surface area contributed by atoms with Gasteiger partial charge in [0.2, 0.25) is 0 Å². The Hall–Kier alpha value is -0.210. The van der Waals surface area contributed by atoms with Crippen molar-refractivity contribution in [1.82, 2.24) is 0 Å². The Bertz CT molecular complexity index is 844. The lowest BCUT2D eigenvalue weighted by molar-refractivity contribution is 0.563. The van der Waals surface area contributed by atoms with Crippen molar-refractivity contribution in [1.29, 1.82) is 0 Å². The molecule has 0 unspecified atom stereocenters. The van der Waals surface area contributed by atoms with Crippen LogP contribution >= 0.6 is 57.4 Å². The van der Waals surface area contributed by atoms with Crippen molar-refractivity contribution in [3.8, 4) is 0 Å². The van der Waals surface area contributed by atoms with Gasteiger partial charge in [0.1, 0.15) is 0 Å². The molecule has 0 saturated carbocycles. The van der Waals surface area contributed by atoms with Crippen molar-refractivity contribution in [2.24, 2.45) is 0 Å². The van der Waals surface area contributed by atoms with Crippen LogP contribution in [0.2, 0.25) is 15.1 Å². The average Bonchev–Trinajstić information content (AvgIpc) is 2.58. The van der Waals surface area contributed by atoms with Crippen LogP contribution < -0.4 is 4.31 Å². The third kappa shape index (κ3) is 5.41. The summed E-state index contributed by atoms with van der Waals surface area (Å²) in [6.45, 7) is 1.89. The normalized spacial score (nSPS) is 12.8. The van der Waals surface area contributed by atoms with E-state index in [1.54, 1.807) is 30.3 Å². The Balaban J connectivity index is 2.52. The van der Waals surface area contributed by atoms with E-state index in [9.17, 15) is 8.42 Å². The van der Waals surface area contributed by atoms with Crippen molar-refractivity contribution >= 4 is 73.1 Å². The Morgan fingerprint density at radius 3 is 2.23 bits per heavy atom. The van der Waals surface area contributed by atoms with Crippen LogP contribution in [0.3, 0.4) is 0 Å². The topological polar surface area (TPSA) is 37.4 Å². The van der Waals surface area contributed by atoms with Gasteiger partial charge in [-0.2, -0.15) is 0 Å². The minimum Gasteiger partial charge on any atom is -0.262 e. The molecule has 26 heavy (non-hydrogen) atoms. The molecular formula is C18H19Cl3INO2S. The molecule has 0 N–H and O–H groups in total. The first-order valence-electron chi connectivity index (χ1n) is 8.08. The van der Waals surface area contributed by atoms with Gasteiger partial charge in [-0.15, -0.1) is 0 Å². The van der Waals surface area contributed by atoms with Crippen LogP contribution in [0.5, 0.6) is 0 Å². The SMILES string of the molecule is C[C@H](CCCCI)N(c1cc(Cl)ccc1Cl)S(=O)(=O)c1ccc(Cl)cc1. The molecule has 3 nitrogen and oxygen atoms in total. The highest BCUT2D eigenvalue weighted by atomic mass is 127. The zero-order valence-corrected chi connectivity index (χ0v) is 19.4. The number of hydrogen-bond acceptors (Lipinski definition) is 2. The maximum Gasteiger partial charge on any atom is 0.264 e. The van der Waals surface area contributed by atoms with Crippen molar-refractivity contribution in [3.05, 3.63) is 57.5 Å². The lowest BCUT2D eigenvalue weighted by Gasteiger charge is -2.31. The standard InChI is InChI=1S/C18H19Cl3INO2S/c1-13(4-2-3-11-22)23(18-12-15(20)7-10-17(18)21)26(24,25)16-8-5-14(19)6-9-16/h5-10,12-13H,2-4,11H2,1H3/t13-/m1/s1. The lowest BCUT2D eigenvalue weighted by Crippen LogP contribution is -2.39. The Morgan fingerprint density at radius 1 is 1.00 bits per heavy atom. The van der Waals surface area contributed by atoms with E-state index in [-0.39, 0.29) is 10.9 Å². The van der Waals surface area contributed by atoms with Crippen LogP contribution in [-0.4, -0.2) is 18.9 Å². The minimum absolute atomic E-state index is 0.165. The van der Waals surface area contributed by atoms with E-state index in [0.29, 0.717) is 20.8 Å². The maximum atomic E-state index is 13.4. The fourth-order valence-electron chi connectivity index (χ4n) is 2.63. The van der Waals surface area contributed by atoms with E-state index in [4.69, 9.17) is 34.8 Å². The molecule has 0 aliphatic rings. The number of unbranched alkanes of at least 4 members (excludes halogenated alkanes) is 1. The molecule has 2 aromatic carbocycles. The van der Waals surface area contributed by atoms with Crippen LogP contribution in [-0.2, 0) is 10.0 Å². The van der Waals surface area contributed by atoms with Crippen molar-refractivity contribution < 1.29 is 8.42 Å². The molecule has 2 aromatic rings. The number of rotatable bonds is 8. The average molecular weight is 547 g/mol. The van der Waals surface area contributed by atoms with E-state index in [2.05, 4.69) is 22.6 Å². The fraction of sp³-hybridized carbons (Fsp3) is 0.333. The number of benzene rings is 2. The highest BCUT2D eigenvalue weighted by molar-refractivity contribution is 14.1. The van der Waals surface area contributed by atoms with Gasteiger partial charge in [0.15, 0.2) is 0 Å². The second kappa shape index (κ2) is 9.82. The Morgan fingerprint density at radius 2 is 1.62 bits per heavy atom. The predicted octanol–water partition coefficient (Wildman–Crippen LogP) is 6.84. The molecule has 2 rings (SSSR count). The number of alkyl halides is 1. The molecule has 0 spiro atoms. The Kier molecular flexibility index (Phi) is 8.34. The molecule has 8 heteroatoms. The van der Waals surface area contributed by atoms with E-state index in [0.717, 1.165) is 23.7 Å². The molecule has 0 radical (unpaired) electrons. The van der Waals surface area contributed by atoms with Gasteiger partial charge >= 0.3 is 0 Å². The van der Waals surface area contributed by atoms with Crippen molar-refractivity contribution in [2.75, 3.05) is 8.73 Å². The first kappa shape index (κ1) is 22.1. The zero-order chi connectivity index (χ0) is 19.3. The van der Waals surface area contributed by atoms with E-state index < -0.39 is 10.0 Å². The maximum absolute atomic E-state index is 13.4. The van der Waals surface area contributed by atoms with Gasteiger partial charge in [0, 0.05) is 16.1 Å². The second-order valence-corrected chi connectivity index (χ2v) is 10.1. The third-order valence-electron chi connectivity index (χ3n) is 3.92. The first-order valence-corrected chi connectivity index (χ1v) is 12.2. The monoisotopic (exact) mass is 545 g/mol. The summed E-state index contributed by atoms with van der Waals surface area (Å²) < 4.78 is 29.1. The number of halogens is 4. The number of anilines is 1. The predicted molar refractivity (Wildman–Crippen MR) is 120 cm³/mol. The molecule has 0 aliphatic carbocycles. The summed E-state index contributed by atoms with van der Waals surface area (Å²) in [6.07, 6.45) is 2.68. The van der Waals surface area contributed by atoms with Crippen molar-refractivity contribution in [3.63, 3.8) is 0 Å². The van der Waals surface area contributed by atoms with Gasteiger partial charge in [-0.05, 0) is 66.7 Å². The van der Waals surface area contributed by atoms with Crippen LogP contribution in [0, 0.1) is 0 Å². The summed E-state index contributed by atoms with van der Waals surface area (Å²) in [5, 5.41) is 1.25. The molecule has 0 aromatic heterocycles. The van der Waals surface area contributed by atoms with Gasteiger partial charge in [-0.25, -0.2) is 8.42 Å². The second-order valence-electron chi connectivity index (χ2n) is 5.88. The molecule has 0 bridgehead atoms. The summed E-state index contributed by atoms with van der Waals surface area (Å²) in [4.78, 5) is 0.165. The summed E-state index contributed by atoms with van der Waals surface area (Å²) >= 11 is 20.7. The largest absolute Gasteiger partial charge is 0.264 e. The van der Waals surface area contributed by atoms with Crippen LogP contribution in [0.4, 0.5) is 5.69 Å². The van der Waals surface area contributed by atoms with Gasteiger partial charge in [0.25, 0.3) is 10.0 Å². The number of nitrogens with zero attached hydrogens (tertiary/aromatic N) is 1. The minimum atomic E-state index is -3.82. The summed E-state index contributed by atoms with van der Waals surface area (Å²) in [6, 6.07) is 10.7. The van der Waals surface area contributed by atoms with E-state index in [1.807, 2.05) is 6.92 Å². The van der Waals surface area contributed by atoms with E-state index >= 15 is 0 Å². The lowest BCUT2D eigenvalue weighted by atomic mass is 10.1. The van der Waals surface area contributed by atoms with Gasteiger partial charge in [-0.3, -0.25) is 4.31 Å². The van der Waals surface area contributed by atoms with Gasteiger partial charge in [0.05, 0.1) is 15.6 Å². The quantitative estimate of drug-likeness (QED) is 0.207. The third-order valence-corrected chi connectivity index (χ3v) is 7.43. The fourth-order valence-corrected chi connectivity index (χ4v) is 5.42. The molecule has 0 saturated heterocycles. The smallest absolute Gasteiger partial charge is 0.262 e. The number of sulfonamides is 1. The molecule has 142 valence electrons. The number of hydrogen-bond donors (Lipinski definition) is 0. The van der Waals surface area contributed by atoms with Gasteiger partial charge in [-0.1, -0.05) is 63.8 Å². The van der Waals surface area contributed by atoms with Crippen LogP contribution in [0.1, 0.15) is 26.2 Å². The molecule has 0 aliphatic heterocycles. The Labute approximate surface area is 183 Å². The van der Waals surface area contributed by atoms with Crippen molar-refractivity contribution in [2.45, 2.75) is 37.1 Å². The molecule has 0 amide bonds. The summed E-state index contributed by atoms with van der Waals surface area (Å²) in [5.74, 6) is 0. The van der Waals surface area contributed by atoms with Gasteiger partial charge < -0.3 is 0 Å². The molecule has 0 heterocycles. The summed E-state index contributed by atoms with van der Waals surface area (Å²) in [7, 11) is -3.82.